The first kappa shape index (κ1) is 32.7. The first-order valence-electron chi connectivity index (χ1n) is 17.0. The number of unbranched alkanes of at least 4 members (excludes halogenated alkanes) is 3. The maximum absolute atomic E-state index is 12.4. The number of nitrogens with one attached hydrogen (secondary N) is 1. The SMILES string of the molecule is CC[C@H]1CC[C@H]2[C@@H]3CC=C4C[C@@H](OCCCCCCOS(=O)(=O)c5ccc(C)cc5)CC(NC(C)=O)[C@]4(C)[C@H]3CC[C@]12C. The summed E-state index contributed by atoms with van der Waals surface area (Å²) in [5, 5.41) is 3.40. The summed E-state index contributed by atoms with van der Waals surface area (Å²) in [5.74, 6) is 3.11. The molecule has 4 aliphatic carbocycles. The van der Waals surface area contributed by atoms with E-state index in [1.54, 1.807) is 31.2 Å². The summed E-state index contributed by atoms with van der Waals surface area (Å²) in [6.45, 7) is 11.9. The van der Waals surface area contributed by atoms with Gasteiger partial charge in [0.25, 0.3) is 10.1 Å². The Labute approximate surface area is 260 Å². The maximum Gasteiger partial charge on any atom is 0.296 e. The Kier molecular flexibility index (Phi) is 10.1. The number of carbonyl (C=O) groups excluding carboxylic acids is 1. The van der Waals surface area contributed by atoms with Gasteiger partial charge in [-0.25, -0.2) is 0 Å². The molecule has 0 radical (unpaired) electrons. The molecule has 5 rings (SSSR count). The Hall–Kier alpha value is -1.70. The van der Waals surface area contributed by atoms with E-state index in [1.807, 2.05) is 6.92 Å². The van der Waals surface area contributed by atoms with Gasteiger partial charge in [0.15, 0.2) is 0 Å². The third-order valence-electron chi connectivity index (χ3n) is 12.2. The smallest absolute Gasteiger partial charge is 0.296 e. The average molecular weight is 614 g/mol. The molecule has 1 unspecified atom stereocenters. The number of aryl methyl sites for hydroxylation is 1. The highest BCUT2D eigenvalue weighted by Crippen LogP contribution is 2.66. The molecule has 1 aromatic rings. The van der Waals surface area contributed by atoms with Gasteiger partial charge < -0.3 is 10.1 Å². The Morgan fingerprint density at radius 3 is 2.42 bits per heavy atom. The number of fused-ring (bicyclic) bond motifs is 5. The number of rotatable bonds is 12. The lowest BCUT2D eigenvalue weighted by atomic mass is 9.46. The van der Waals surface area contributed by atoms with Crippen LogP contribution in [0.5, 0.6) is 0 Å². The Morgan fingerprint density at radius 2 is 1.72 bits per heavy atom. The van der Waals surface area contributed by atoms with E-state index in [9.17, 15) is 13.2 Å². The van der Waals surface area contributed by atoms with Crippen LogP contribution >= 0.6 is 0 Å². The van der Waals surface area contributed by atoms with Crippen molar-refractivity contribution in [1.29, 1.82) is 0 Å². The van der Waals surface area contributed by atoms with Gasteiger partial charge in [0.2, 0.25) is 5.91 Å². The number of carbonyl (C=O) groups is 1. The van der Waals surface area contributed by atoms with Crippen molar-refractivity contribution in [2.75, 3.05) is 13.2 Å². The van der Waals surface area contributed by atoms with E-state index in [0.29, 0.717) is 24.4 Å². The van der Waals surface area contributed by atoms with Crippen LogP contribution in [0.4, 0.5) is 0 Å². The van der Waals surface area contributed by atoms with Crippen molar-refractivity contribution in [3.05, 3.63) is 41.5 Å². The van der Waals surface area contributed by atoms with Crippen LogP contribution in [-0.2, 0) is 23.8 Å². The van der Waals surface area contributed by atoms with E-state index >= 15 is 0 Å². The number of allylic oxidation sites excluding steroid dienone is 1. The van der Waals surface area contributed by atoms with Gasteiger partial charge in [0, 0.05) is 25.0 Å². The standard InChI is InChI=1S/C36H55NO5S/c1-6-27-14-18-32-31-17-13-28-23-29(24-34(37-26(3)38)36(28,5)33(31)19-20-35(27,32)4)41-21-9-7-8-10-22-42-43(39,40)30-15-11-25(2)12-16-30/h11-13,15-16,27,29,31-34H,6-10,14,17-24H2,1-5H3,(H,37,38)/t27-,29+,31-,32-,33-,34?,35+,36-/m0/s1. The van der Waals surface area contributed by atoms with E-state index in [1.165, 1.54) is 44.1 Å². The van der Waals surface area contributed by atoms with Crippen LogP contribution in [0.2, 0.25) is 0 Å². The van der Waals surface area contributed by atoms with Crippen LogP contribution in [-0.4, -0.2) is 39.7 Å². The van der Waals surface area contributed by atoms with Crippen molar-refractivity contribution in [3.63, 3.8) is 0 Å². The Bertz CT molecular complexity index is 1260. The normalized spacial score (nSPS) is 35.4. The van der Waals surface area contributed by atoms with Crippen LogP contribution < -0.4 is 5.32 Å². The van der Waals surface area contributed by atoms with Gasteiger partial charge in [-0.15, -0.1) is 0 Å². The maximum atomic E-state index is 12.4. The van der Waals surface area contributed by atoms with Gasteiger partial charge in [-0.3, -0.25) is 8.98 Å². The summed E-state index contributed by atoms with van der Waals surface area (Å²) in [4.78, 5) is 12.6. The fraction of sp³-hybridized carbons (Fsp3) is 0.750. The molecular formula is C36H55NO5S. The molecule has 0 saturated heterocycles. The number of ether oxygens (including phenoxy) is 1. The summed E-state index contributed by atoms with van der Waals surface area (Å²) < 4.78 is 36.4. The second-order valence-corrected chi connectivity index (χ2v) is 16.2. The summed E-state index contributed by atoms with van der Waals surface area (Å²) in [6, 6.07) is 6.87. The molecule has 0 aliphatic heterocycles. The fourth-order valence-corrected chi connectivity index (χ4v) is 10.8. The van der Waals surface area contributed by atoms with E-state index in [2.05, 4.69) is 32.2 Å². The van der Waals surface area contributed by atoms with Crippen molar-refractivity contribution in [2.45, 2.75) is 129 Å². The number of hydrogen-bond acceptors (Lipinski definition) is 5. The second kappa shape index (κ2) is 13.3. The number of amides is 1. The molecule has 6 nitrogen and oxygen atoms in total. The van der Waals surface area contributed by atoms with Gasteiger partial charge >= 0.3 is 0 Å². The quantitative estimate of drug-likeness (QED) is 0.148. The van der Waals surface area contributed by atoms with Gasteiger partial charge in [-0.1, -0.05) is 69.4 Å². The molecule has 1 N–H and O–H groups in total. The molecule has 3 fully saturated rings. The first-order valence-corrected chi connectivity index (χ1v) is 18.4. The van der Waals surface area contributed by atoms with Gasteiger partial charge in [-0.2, -0.15) is 8.42 Å². The highest BCUT2D eigenvalue weighted by atomic mass is 32.2. The van der Waals surface area contributed by atoms with E-state index in [0.717, 1.165) is 55.4 Å². The lowest BCUT2D eigenvalue weighted by Gasteiger charge is -2.60. The average Bonchev–Trinajstić information content (AvgIpc) is 3.31. The zero-order valence-electron chi connectivity index (χ0n) is 27.2. The predicted octanol–water partition coefficient (Wildman–Crippen LogP) is 7.75. The van der Waals surface area contributed by atoms with Gasteiger partial charge in [0.1, 0.15) is 0 Å². The largest absolute Gasteiger partial charge is 0.378 e. The van der Waals surface area contributed by atoms with Crippen molar-refractivity contribution in [3.8, 4) is 0 Å². The summed E-state index contributed by atoms with van der Waals surface area (Å²) in [7, 11) is -3.70. The molecule has 1 amide bonds. The highest BCUT2D eigenvalue weighted by molar-refractivity contribution is 7.86. The molecule has 7 heteroatoms. The van der Waals surface area contributed by atoms with Crippen molar-refractivity contribution in [2.24, 2.45) is 34.5 Å². The highest BCUT2D eigenvalue weighted by Gasteiger charge is 2.60. The minimum Gasteiger partial charge on any atom is -0.378 e. The third kappa shape index (κ3) is 6.65. The molecule has 0 aromatic heterocycles. The van der Waals surface area contributed by atoms with Crippen LogP contribution in [0.3, 0.4) is 0 Å². The van der Waals surface area contributed by atoms with Crippen LogP contribution in [0.15, 0.2) is 40.8 Å². The predicted molar refractivity (Wildman–Crippen MR) is 171 cm³/mol. The third-order valence-corrected chi connectivity index (χ3v) is 13.5. The minimum absolute atomic E-state index is 0.0129. The molecule has 0 heterocycles. The lowest BCUT2D eigenvalue weighted by molar-refractivity contribution is -0.123. The summed E-state index contributed by atoms with van der Waals surface area (Å²) >= 11 is 0. The van der Waals surface area contributed by atoms with Crippen LogP contribution in [0, 0.1) is 41.4 Å². The van der Waals surface area contributed by atoms with Gasteiger partial charge in [-0.05, 0) is 106 Å². The fourth-order valence-electron chi connectivity index (χ4n) is 9.83. The van der Waals surface area contributed by atoms with Crippen molar-refractivity contribution < 1.29 is 22.1 Å². The summed E-state index contributed by atoms with van der Waals surface area (Å²) in [6.07, 6.45) is 15.9. The molecule has 3 saturated carbocycles. The minimum atomic E-state index is -3.70. The molecule has 4 aliphatic rings. The molecule has 0 bridgehead atoms. The first-order chi connectivity index (χ1) is 20.5. The summed E-state index contributed by atoms with van der Waals surface area (Å²) in [5.41, 5.74) is 3.04. The zero-order chi connectivity index (χ0) is 30.8. The number of benzene rings is 1. The Morgan fingerprint density at radius 1 is 1.00 bits per heavy atom. The molecular weight excluding hydrogens is 558 g/mol. The molecule has 240 valence electrons. The van der Waals surface area contributed by atoms with Crippen LogP contribution in [0.25, 0.3) is 0 Å². The molecule has 43 heavy (non-hydrogen) atoms. The molecule has 0 spiro atoms. The second-order valence-electron chi connectivity index (χ2n) is 14.5. The monoisotopic (exact) mass is 613 g/mol. The Balaban J connectivity index is 1.11. The zero-order valence-corrected chi connectivity index (χ0v) is 28.0. The van der Waals surface area contributed by atoms with E-state index in [4.69, 9.17) is 8.92 Å². The van der Waals surface area contributed by atoms with E-state index < -0.39 is 10.1 Å². The van der Waals surface area contributed by atoms with Crippen molar-refractivity contribution in [1.82, 2.24) is 5.32 Å². The topological polar surface area (TPSA) is 81.7 Å². The van der Waals surface area contributed by atoms with Crippen LogP contribution in [0.1, 0.15) is 110 Å². The lowest BCUT2D eigenvalue weighted by Crippen LogP contribution is -2.60. The molecule has 1 aromatic carbocycles. The van der Waals surface area contributed by atoms with Crippen molar-refractivity contribution >= 4 is 16.0 Å². The number of hydrogen-bond donors (Lipinski definition) is 1. The van der Waals surface area contributed by atoms with Gasteiger partial charge in [0.05, 0.1) is 17.6 Å². The molecule has 8 atom stereocenters. The van der Waals surface area contributed by atoms with E-state index in [-0.39, 0.29) is 35.0 Å².